The minimum Gasteiger partial charge on any atom is -0.358 e. The summed E-state index contributed by atoms with van der Waals surface area (Å²) in [5, 5.41) is 4.37. The van der Waals surface area contributed by atoms with Crippen molar-refractivity contribution in [2.45, 2.75) is 74.5 Å². The van der Waals surface area contributed by atoms with Crippen LogP contribution >= 0.6 is 11.6 Å². The van der Waals surface area contributed by atoms with Crippen LogP contribution in [0.2, 0.25) is 5.02 Å². The van der Waals surface area contributed by atoms with E-state index in [0.717, 1.165) is 12.8 Å². The number of hydrogen-bond donors (Lipinski definition) is 1. The summed E-state index contributed by atoms with van der Waals surface area (Å²) in [6.45, 7) is 4.82. The van der Waals surface area contributed by atoms with Crippen molar-refractivity contribution in [2.24, 2.45) is 0 Å². The lowest BCUT2D eigenvalue weighted by Gasteiger charge is -2.48. The van der Waals surface area contributed by atoms with E-state index in [2.05, 4.69) is 46.1 Å². The van der Waals surface area contributed by atoms with Crippen LogP contribution in [0.3, 0.4) is 0 Å². The molecule has 0 radical (unpaired) electrons. The van der Waals surface area contributed by atoms with Gasteiger partial charge >= 0.3 is 0 Å². The van der Waals surface area contributed by atoms with Crippen molar-refractivity contribution < 1.29 is 13.2 Å². The number of rotatable bonds is 8. The lowest BCUT2D eigenvalue weighted by molar-refractivity contribution is -0.134. The van der Waals surface area contributed by atoms with Gasteiger partial charge in [-0.15, -0.1) is 0 Å². The number of pyridine rings is 1. The number of likely N-dealkylation sites (tertiary alicyclic amines) is 1. The first-order valence-electron chi connectivity index (χ1n) is 13.4. The largest absolute Gasteiger partial charge is 0.358 e. The van der Waals surface area contributed by atoms with E-state index in [9.17, 15) is 13.2 Å². The number of nitrogens with zero attached hydrogens (tertiary/aromatic N) is 5. The summed E-state index contributed by atoms with van der Waals surface area (Å²) >= 11 is 6.16. The molecule has 5 rings (SSSR count). The van der Waals surface area contributed by atoms with Crippen molar-refractivity contribution in [1.82, 2.24) is 24.8 Å². The zero-order valence-corrected chi connectivity index (χ0v) is 24.1. The van der Waals surface area contributed by atoms with Gasteiger partial charge in [0.05, 0.1) is 26.6 Å². The first-order valence-corrected chi connectivity index (χ1v) is 15.5. The maximum Gasteiger partial charge on any atom is 0.245 e. The number of hydrogen-bond acceptors (Lipinski definition) is 8. The Morgan fingerprint density at radius 1 is 1.13 bits per heavy atom. The number of halogens is 1. The molecule has 1 aliphatic carbocycles. The van der Waals surface area contributed by atoms with Gasteiger partial charge in [-0.1, -0.05) is 29.8 Å². The lowest BCUT2D eigenvalue weighted by Crippen LogP contribution is -2.58. The van der Waals surface area contributed by atoms with E-state index in [4.69, 9.17) is 11.6 Å². The second kappa shape index (κ2) is 11.0. The smallest absolute Gasteiger partial charge is 0.245 e. The van der Waals surface area contributed by atoms with Gasteiger partial charge in [0, 0.05) is 24.8 Å². The van der Waals surface area contributed by atoms with E-state index in [0.29, 0.717) is 64.7 Å². The van der Waals surface area contributed by atoms with Crippen molar-refractivity contribution in [3.05, 3.63) is 53.9 Å². The molecule has 0 spiro atoms. The van der Waals surface area contributed by atoms with E-state index >= 15 is 0 Å². The van der Waals surface area contributed by atoms with Gasteiger partial charge in [-0.3, -0.25) is 4.79 Å². The predicted octanol–water partition coefficient (Wildman–Crippen LogP) is 4.19. The zero-order chi connectivity index (χ0) is 27.8. The first kappa shape index (κ1) is 27.7. The Hall–Kier alpha value is -2.82. The number of benzene rings is 1. The second-order valence-corrected chi connectivity index (χ2v) is 13.4. The predicted molar refractivity (Wildman–Crippen MR) is 152 cm³/mol. The highest BCUT2D eigenvalue weighted by Gasteiger charge is 2.50. The summed E-state index contributed by atoms with van der Waals surface area (Å²) in [6.07, 6.45) is 6.41. The molecule has 208 valence electrons. The highest BCUT2D eigenvalue weighted by atomic mass is 35.5. The number of aromatic nitrogens is 3. The second-order valence-electron chi connectivity index (χ2n) is 11.0. The normalized spacial score (nSPS) is 24.2. The van der Waals surface area contributed by atoms with Gasteiger partial charge in [-0.2, -0.15) is 0 Å². The van der Waals surface area contributed by atoms with Gasteiger partial charge in [0.15, 0.2) is 15.5 Å². The van der Waals surface area contributed by atoms with Crippen LogP contribution in [0.25, 0.3) is 11.0 Å². The van der Waals surface area contributed by atoms with Crippen LogP contribution in [-0.4, -0.2) is 82.1 Å². The van der Waals surface area contributed by atoms with Crippen LogP contribution in [-0.2, 0) is 14.6 Å². The number of nitrogens with one attached hydrogen (secondary N) is 1. The van der Waals surface area contributed by atoms with Crippen LogP contribution in [0.1, 0.15) is 46.0 Å². The number of fused-ring (bicyclic) bond motifs is 1. The van der Waals surface area contributed by atoms with Gasteiger partial charge in [0.2, 0.25) is 5.91 Å². The van der Waals surface area contributed by atoms with Gasteiger partial charge in [0.25, 0.3) is 0 Å². The molecule has 1 atom stereocenters. The molecule has 1 aliphatic heterocycles. The molecule has 3 heterocycles. The van der Waals surface area contributed by atoms with Crippen molar-refractivity contribution in [3.63, 3.8) is 0 Å². The molecule has 3 aromatic rings. The molecule has 0 bridgehead atoms. The zero-order valence-electron chi connectivity index (χ0n) is 22.5. The van der Waals surface area contributed by atoms with Gasteiger partial charge in [-0.25, -0.2) is 23.4 Å². The number of amides is 1. The monoisotopic (exact) mass is 570 g/mol. The number of anilines is 1. The molecule has 11 heteroatoms. The Labute approximate surface area is 234 Å². The van der Waals surface area contributed by atoms with Crippen LogP contribution in [0.15, 0.2) is 53.8 Å². The molecule has 1 saturated heterocycles. The van der Waals surface area contributed by atoms with E-state index in [1.165, 1.54) is 12.5 Å². The molecule has 1 N–H and O–H groups in total. The van der Waals surface area contributed by atoms with Crippen LogP contribution in [0, 0.1) is 0 Å². The first-order chi connectivity index (χ1) is 18.6. The summed E-state index contributed by atoms with van der Waals surface area (Å²) < 4.78 is 27.3. The SMILES string of the molecule is CC(C)N(C)C1CCC(CS(=O)(=O)c2ccccc2)(N2CC[C@H](Nc3ncnc4ncc(Cl)cc34)C2=O)CC1. The van der Waals surface area contributed by atoms with Crippen molar-refractivity contribution >= 4 is 44.2 Å². The van der Waals surface area contributed by atoms with Crippen LogP contribution in [0.4, 0.5) is 5.82 Å². The Bertz CT molecular complexity index is 1440. The molecule has 2 fully saturated rings. The van der Waals surface area contributed by atoms with Gasteiger partial charge in [-0.05, 0) is 71.2 Å². The quantitative estimate of drug-likeness (QED) is 0.429. The van der Waals surface area contributed by atoms with E-state index in [-0.39, 0.29) is 11.7 Å². The molecule has 39 heavy (non-hydrogen) atoms. The maximum absolute atomic E-state index is 13.9. The summed E-state index contributed by atoms with van der Waals surface area (Å²) in [4.78, 5) is 31.2. The minimum absolute atomic E-state index is 0.0868. The summed E-state index contributed by atoms with van der Waals surface area (Å²) in [7, 11) is -1.49. The fourth-order valence-electron chi connectivity index (χ4n) is 6.01. The standard InChI is InChI=1S/C28H35ClN6O3S/c1-19(2)34(3)21-9-12-28(13-10-21,17-39(37,38)22-7-5-4-6-8-22)35-14-11-24(27(35)36)33-26-23-15-20(29)16-30-25(23)31-18-32-26/h4-8,15-16,18-19,21,24H,9-14,17H2,1-3H3,(H,30,31,32,33)/t21?,24-,28?/m0/s1. The lowest BCUT2D eigenvalue weighted by atomic mass is 9.78. The van der Waals surface area contributed by atoms with Gasteiger partial charge in [0.1, 0.15) is 18.2 Å². The molecular formula is C28H35ClN6O3S. The third-order valence-corrected chi connectivity index (χ3v) is 10.5. The number of carbonyl (C=O) groups is 1. The Morgan fingerprint density at radius 3 is 2.54 bits per heavy atom. The molecule has 1 saturated carbocycles. The van der Waals surface area contributed by atoms with Crippen LogP contribution in [0.5, 0.6) is 0 Å². The molecule has 1 aromatic carbocycles. The third-order valence-electron chi connectivity index (χ3n) is 8.38. The van der Waals surface area contributed by atoms with Crippen molar-refractivity contribution in [1.29, 1.82) is 0 Å². The number of sulfone groups is 1. The maximum atomic E-state index is 13.9. The molecule has 2 aliphatic rings. The fourth-order valence-corrected chi connectivity index (χ4v) is 8.06. The molecule has 2 aromatic heterocycles. The highest BCUT2D eigenvalue weighted by Crippen LogP contribution is 2.40. The molecule has 9 nitrogen and oxygen atoms in total. The van der Waals surface area contributed by atoms with Crippen molar-refractivity contribution in [3.8, 4) is 0 Å². The fraction of sp³-hybridized carbons (Fsp3) is 0.500. The third kappa shape index (κ3) is 5.60. The van der Waals surface area contributed by atoms with E-state index in [1.54, 1.807) is 30.3 Å². The van der Waals surface area contributed by atoms with Crippen LogP contribution < -0.4 is 5.32 Å². The molecular weight excluding hydrogens is 536 g/mol. The summed E-state index contributed by atoms with van der Waals surface area (Å²) in [5.74, 6) is 0.301. The molecule has 1 amide bonds. The van der Waals surface area contributed by atoms with Gasteiger partial charge < -0.3 is 15.1 Å². The minimum atomic E-state index is -3.61. The van der Waals surface area contributed by atoms with E-state index < -0.39 is 21.4 Å². The Kier molecular flexibility index (Phi) is 7.81. The molecule has 0 unspecified atom stereocenters. The number of carbonyl (C=O) groups excluding carboxylic acids is 1. The average molecular weight is 571 g/mol. The Morgan fingerprint density at radius 2 is 1.85 bits per heavy atom. The topological polar surface area (TPSA) is 108 Å². The summed E-state index contributed by atoms with van der Waals surface area (Å²) in [6, 6.07) is 10.5. The Balaban J connectivity index is 1.42. The van der Waals surface area contributed by atoms with Crippen molar-refractivity contribution in [2.75, 3.05) is 24.7 Å². The average Bonchev–Trinajstić information content (AvgIpc) is 3.29. The highest BCUT2D eigenvalue weighted by molar-refractivity contribution is 7.91. The van der Waals surface area contributed by atoms with E-state index in [1.807, 2.05) is 11.0 Å². The summed E-state index contributed by atoms with van der Waals surface area (Å²) in [5.41, 5.74) is -0.285.